The van der Waals surface area contributed by atoms with Gasteiger partial charge in [-0.25, -0.2) is 0 Å². The number of carbonyl (C=O) groups is 3. The highest BCUT2D eigenvalue weighted by atomic mass is 16.2. The summed E-state index contributed by atoms with van der Waals surface area (Å²) in [6.07, 6.45) is 4.33. The van der Waals surface area contributed by atoms with E-state index in [4.69, 9.17) is 0 Å². The van der Waals surface area contributed by atoms with E-state index in [2.05, 4.69) is 11.9 Å². The van der Waals surface area contributed by atoms with Crippen LogP contribution < -0.4 is 5.32 Å². The van der Waals surface area contributed by atoms with Crippen LogP contribution in [-0.4, -0.2) is 28.7 Å². The number of benzene rings is 1. The van der Waals surface area contributed by atoms with Crippen LogP contribution in [0.15, 0.2) is 30.9 Å². The predicted molar refractivity (Wildman–Crippen MR) is 81.0 cm³/mol. The van der Waals surface area contributed by atoms with Crippen LogP contribution in [0.1, 0.15) is 40.7 Å². The Bertz CT molecular complexity index is 666. The lowest BCUT2D eigenvalue weighted by Gasteiger charge is -2.29. The number of amides is 3. The third kappa shape index (κ3) is 2.54. The molecular weight excluding hydrogens is 280 g/mol. The second-order valence-electron chi connectivity index (χ2n) is 5.72. The van der Waals surface area contributed by atoms with Gasteiger partial charge in [-0.1, -0.05) is 18.2 Å². The number of piperidine rings is 1. The van der Waals surface area contributed by atoms with Crippen LogP contribution in [0.3, 0.4) is 0 Å². The van der Waals surface area contributed by atoms with E-state index in [-0.39, 0.29) is 24.1 Å². The molecule has 1 aromatic rings. The van der Waals surface area contributed by atoms with Crippen LogP contribution in [0.4, 0.5) is 0 Å². The second kappa shape index (κ2) is 5.75. The number of hydrogen-bond acceptors (Lipinski definition) is 3. The van der Waals surface area contributed by atoms with Crippen molar-refractivity contribution < 1.29 is 14.4 Å². The maximum absolute atomic E-state index is 12.5. The molecule has 3 rings (SSSR count). The number of allylic oxidation sites excluding steroid dienone is 1. The first-order valence-electron chi connectivity index (χ1n) is 7.47. The monoisotopic (exact) mass is 298 g/mol. The molecule has 0 aromatic heterocycles. The molecule has 3 amide bonds. The summed E-state index contributed by atoms with van der Waals surface area (Å²) in [6, 6.07) is 5.27. The normalized spacial score (nSPS) is 20.8. The topological polar surface area (TPSA) is 66.5 Å². The third-order valence-corrected chi connectivity index (χ3v) is 4.23. The minimum absolute atomic E-state index is 0.125. The fourth-order valence-electron chi connectivity index (χ4n) is 3.05. The Morgan fingerprint density at radius 2 is 2.14 bits per heavy atom. The summed E-state index contributed by atoms with van der Waals surface area (Å²) in [5, 5.41) is 2.31. The molecule has 2 aliphatic heterocycles. The predicted octanol–water partition coefficient (Wildman–Crippen LogP) is 1.57. The summed E-state index contributed by atoms with van der Waals surface area (Å²) < 4.78 is 0. The van der Waals surface area contributed by atoms with Crippen molar-refractivity contribution in [3.8, 4) is 0 Å². The highest BCUT2D eigenvalue weighted by Gasteiger charge is 2.38. The highest BCUT2D eigenvalue weighted by molar-refractivity contribution is 6.05. The van der Waals surface area contributed by atoms with Crippen molar-refractivity contribution in [1.29, 1.82) is 0 Å². The second-order valence-corrected chi connectivity index (χ2v) is 5.72. The van der Waals surface area contributed by atoms with E-state index in [1.807, 2.05) is 24.3 Å². The first-order chi connectivity index (χ1) is 10.6. The van der Waals surface area contributed by atoms with Crippen LogP contribution in [0.5, 0.6) is 0 Å². The molecule has 1 N–H and O–H groups in total. The SMILES string of the molecule is C=CCCc1ccc2c(c1)CN([C@H]1CCC(=O)NC1=O)C2=O. The summed E-state index contributed by atoms with van der Waals surface area (Å²) in [5.41, 5.74) is 2.78. The lowest BCUT2D eigenvalue weighted by molar-refractivity contribution is -0.136. The van der Waals surface area contributed by atoms with Gasteiger partial charge < -0.3 is 4.90 Å². The van der Waals surface area contributed by atoms with Crippen molar-refractivity contribution in [2.45, 2.75) is 38.3 Å². The zero-order valence-electron chi connectivity index (χ0n) is 12.3. The molecule has 5 nitrogen and oxygen atoms in total. The van der Waals surface area contributed by atoms with Gasteiger partial charge in [-0.15, -0.1) is 6.58 Å². The number of carbonyl (C=O) groups excluding carboxylic acids is 3. The van der Waals surface area contributed by atoms with E-state index in [1.165, 1.54) is 0 Å². The quantitative estimate of drug-likeness (QED) is 0.677. The van der Waals surface area contributed by atoms with Gasteiger partial charge in [0.2, 0.25) is 11.8 Å². The molecule has 22 heavy (non-hydrogen) atoms. The van der Waals surface area contributed by atoms with E-state index in [0.29, 0.717) is 18.5 Å². The number of aryl methyl sites for hydroxylation is 1. The largest absolute Gasteiger partial charge is 0.322 e. The molecule has 0 aliphatic carbocycles. The molecule has 0 bridgehead atoms. The van der Waals surface area contributed by atoms with Gasteiger partial charge in [0.1, 0.15) is 6.04 Å². The summed E-state index contributed by atoms with van der Waals surface area (Å²) in [6.45, 7) is 4.15. The summed E-state index contributed by atoms with van der Waals surface area (Å²) in [5.74, 6) is -0.763. The number of rotatable bonds is 4. The lowest BCUT2D eigenvalue weighted by Crippen LogP contribution is -2.52. The summed E-state index contributed by atoms with van der Waals surface area (Å²) >= 11 is 0. The third-order valence-electron chi connectivity index (χ3n) is 4.23. The Labute approximate surface area is 129 Å². The Morgan fingerprint density at radius 3 is 2.86 bits per heavy atom. The number of fused-ring (bicyclic) bond motifs is 1. The molecule has 0 spiro atoms. The summed E-state index contributed by atoms with van der Waals surface area (Å²) in [7, 11) is 0. The van der Waals surface area contributed by atoms with E-state index in [0.717, 1.165) is 24.0 Å². The molecule has 0 saturated carbocycles. The van der Waals surface area contributed by atoms with E-state index in [1.54, 1.807) is 4.90 Å². The van der Waals surface area contributed by atoms with E-state index in [9.17, 15) is 14.4 Å². The van der Waals surface area contributed by atoms with Crippen molar-refractivity contribution in [1.82, 2.24) is 10.2 Å². The van der Waals surface area contributed by atoms with Gasteiger partial charge in [0.15, 0.2) is 0 Å². The highest BCUT2D eigenvalue weighted by Crippen LogP contribution is 2.28. The van der Waals surface area contributed by atoms with Gasteiger partial charge >= 0.3 is 0 Å². The zero-order valence-corrected chi connectivity index (χ0v) is 12.3. The van der Waals surface area contributed by atoms with Crippen LogP contribution >= 0.6 is 0 Å². The summed E-state index contributed by atoms with van der Waals surface area (Å²) in [4.78, 5) is 37.3. The van der Waals surface area contributed by atoms with Crippen LogP contribution in [0.2, 0.25) is 0 Å². The number of nitrogens with one attached hydrogen (secondary N) is 1. The number of hydrogen-bond donors (Lipinski definition) is 1. The first-order valence-corrected chi connectivity index (χ1v) is 7.47. The lowest BCUT2D eigenvalue weighted by atomic mass is 10.0. The minimum atomic E-state index is -0.547. The van der Waals surface area contributed by atoms with Gasteiger partial charge in [0.05, 0.1) is 0 Å². The Hall–Kier alpha value is -2.43. The van der Waals surface area contributed by atoms with Crippen LogP contribution in [0.25, 0.3) is 0 Å². The Kier molecular flexibility index (Phi) is 3.79. The Balaban J connectivity index is 1.80. The Morgan fingerprint density at radius 1 is 1.32 bits per heavy atom. The van der Waals surface area contributed by atoms with E-state index >= 15 is 0 Å². The molecule has 0 radical (unpaired) electrons. The minimum Gasteiger partial charge on any atom is -0.322 e. The van der Waals surface area contributed by atoms with Gasteiger partial charge in [0.25, 0.3) is 5.91 Å². The van der Waals surface area contributed by atoms with Crippen molar-refractivity contribution in [2.24, 2.45) is 0 Å². The molecule has 114 valence electrons. The average molecular weight is 298 g/mol. The first kappa shape index (κ1) is 14.5. The number of nitrogens with zero attached hydrogens (tertiary/aromatic N) is 1. The fourth-order valence-corrected chi connectivity index (χ4v) is 3.05. The number of imide groups is 1. The molecule has 1 aromatic carbocycles. The van der Waals surface area contributed by atoms with Crippen LogP contribution in [-0.2, 0) is 22.6 Å². The van der Waals surface area contributed by atoms with Gasteiger partial charge in [-0.3, -0.25) is 19.7 Å². The van der Waals surface area contributed by atoms with Gasteiger partial charge in [0, 0.05) is 18.5 Å². The molecule has 2 aliphatic rings. The smallest absolute Gasteiger partial charge is 0.255 e. The van der Waals surface area contributed by atoms with Crippen molar-refractivity contribution in [3.05, 3.63) is 47.5 Å². The maximum atomic E-state index is 12.5. The molecule has 1 fully saturated rings. The van der Waals surface area contributed by atoms with Crippen molar-refractivity contribution in [2.75, 3.05) is 0 Å². The maximum Gasteiger partial charge on any atom is 0.255 e. The van der Waals surface area contributed by atoms with Crippen molar-refractivity contribution >= 4 is 17.7 Å². The van der Waals surface area contributed by atoms with E-state index < -0.39 is 6.04 Å². The molecule has 2 heterocycles. The zero-order chi connectivity index (χ0) is 15.7. The molecular formula is C17H18N2O3. The fraction of sp³-hybridized carbons (Fsp3) is 0.353. The van der Waals surface area contributed by atoms with Crippen molar-refractivity contribution in [3.63, 3.8) is 0 Å². The molecule has 1 atom stereocenters. The molecule has 0 unspecified atom stereocenters. The van der Waals surface area contributed by atoms with Gasteiger partial charge in [-0.2, -0.15) is 0 Å². The van der Waals surface area contributed by atoms with Gasteiger partial charge in [-0.05, 0) is 36.5 Å². The molecule has 5 heteroatoms. The average Bonchev–Trinajstić information content (AvgIpc) is 2.82. The molecule has 1 saturated heterocycles. The van der Waals surface area contributed by atoms with Crippen LogP contribution in [0, 0.1) is 0 Å². The standard InChI is InChI=1S/C17H18N2O3/c1-2-3-4-11-5-6-13-12(9-11)10-19(17(13)22)14-7-8-15(20)18-16(14)21/h2,5-6,9,14H,1,3-4,7-8,10H2,(H,18,20,21)/t14-/m0/s1.